The molecule has 2 N–H and O–H groups in total. The molecular formula is C11H13N3S. The van der Waals surface area contributed by atoms with Crippen LogP contribution in [-0.2, 0) is 0 Å². The highest BCUT2D eigenvalue weighted by molar-refractivity contribution is 7.98. The molecule has 0 atom stereocenters. The second-order valence-corrected chi connectivity index (χ2v) is 4.14. The first-order chi connectivity index (χ1) is 7.22. The van der Waals surface area contributed by atoms with Gasteiger partial charge in [-0.1, -0.05) is 12.1 Å². The Morgan fingerprint density at radius 2 is 2.07 bits per heavy atom. The number of nitrogens with two attached hydrogens (primary N) is 1. The van der Waals surface area contributed by atoms with E-state index in [2.05, 4.69) is 11.2 Å². The Hall–Kier alpha value is -1.42. The number of nitrogens with zero attached hydrogens (tertiary/aromatic N) is 2. The van der Waals surface area contributed by atoms with E-state index in [4.69, 9.17) is 5.73 Å². The minimum absolute atomic E-state index is 0.675. The Morgan fingerprint density at radius 3 is 2.67 bits per heavy atom. The largest absolute Gasteiger partial charge is 0.384 e. The molecule has 0 amide bonds. The molecular weight excluding hydrogens is 206 g/mol. The zero-order chi connectivity index (χ0) is 10.8. The summed E-state index contributed by atoms with van der Waals surface area (Å²) in [6.45, 7) is 1.94. The van der Waals surface area contributed by atoms with Crippen molar-refractivity contribution in [2.75, 3.05) is 12.0 Å². The molecule has 0 bridgehead atoms. The van der Waals surface area contributed by atoms with Crippen molar-refractivity contribution in [3.63, 3.8) is 0 Å². The number of aryl methyl sites for hydroxylation is 1. The fourth-order valence-electron chi connectivity index (χ4n) is 1.52. The van der Waals surface area contributed by atoms with Crippen molar-refractivity contribution in [1.29, 1.82) is 0 Å². The molecule has 0 spiro atoms. The first kappa shape index (κ1) is 10.1. The Labute approximate surface area is 93.3 Å². The molecule has 3 nitrogen and oxygen atoms in total. The highest BCUT2D eigenvalue weighted by Gasteiger charge is 2.07. The van der Waals surface area contributed by atoms with Gasteiger partial charge in [0, 0.05) is 11.0 Å². The lowest BCUT2D eigenvalue weighted by molar-refractivity contribution is 0.855. The van der Waals surface area contributed by atoms with Crippen molar-refractivity contribution in [2.45, 2.75) is 11.8 Å². The Kier molecular flexibility index (Phi) is 2.68. The van der Waals surface area contributed by atoms with Gasteiger partial charge >= 0.3 is 0 Å². The molecule has 0 aliphatic carbocycles. The molecule has 0 radical (unpaired) electrons. The van der Waals surface area contributed by atoms with E-state index in [0.29, 0.717) is 5.82 Å². The summed E-state index contributed by atoms with van der Waals surface area (Å²) in [6.07, 6.45) is 2.05. The highest BCUT2D eigenvalue weighted by Crippen LogP contribution is 2.25. The Morgan fingerprint density at radius 1 is 1.33 bits per heavy atom. The van der Waals surface area contributed by atoms with Crippen LogP contribution in [0.1, 0.15) is 5.69 Å². The van der Waals surface area contributed by atoms with Crippen LogP contribution in [0.2, 0.25) is 0 Å². The van der Waals surface area contributed by atoms with Crippen LogP contribution in [0.15, 0.2) is 35.2 Å². The number of para-hydroxylation sites is 1. The summed E-state index contributed by atoms with van der Waals surface area (Å²) in [7, 11) is 0. The molecule has 4 heteroatoms. The molecule has 15 heavy (non-hydrogen) atoms. The van der Waals surface area contributed by atoms with Crippen LogP contribution in [0.5, 0.6) is 0 Å². The van der Waals surface area contributed by atoms with Gasteiger partial charge in [-0.3, -0.25) is 0 Å². The summed E-state index contributed by atoms with van der Waals surface area (Å²) in [4.78, 5) is 1.17. The van der Waals surface area contributed by atoms with E-state index < -0.39 is 0 Å². The molecule has 0 fully saturated rings. The summed E-state index contributed by atoms with van der Waals surface area (Å²) in [5.41, 5.74) is 7.86. The smallest absolute Gasteiger partial charge is 0.127 e. The lowest BCUT2D eigenvalue weighted by Gasteiger charge is -2.08. The van der Waals surface area contributed by atoms with Gasteiger partial charge in [-0.15, -0.1) is 11.8 Å². The van der Waals surface area contributed by atoms with E-state index in [9.17, 15) is 0 Å². The molecule has 78 valence electrons. The van der Waals surface area contributed by atoms with Crippen LogP contribution in [0.25, 0.3) is 5.69 Å². The molecule has 0 aliphatic heterocycles. The van der Waals surface area contributed by atoms with Crippen molar-refractivity contribution >= 4 is 17.6 Å². The summed E-state index contributed by atoms with van der Waals surface area (Å²) < 4.78 is 1.78. The van der Waals surface area contributed by atoms with Gasteiger partial charge in [0.25, 0.3) is 0 Å². The van der Waals surface area contributed by atoms with E-state index in [1.165, 1.54) is 4.90 Å². The topological polar surface area (TPSA) is 43.8 Å². The van der Waals surface area contributed by atoms with Crippen LogP contribution >= 0.6 is 11.8 Å². The number of benzene rings is 1. The molecule has 1 heterocycles. The van der Waals surface area contributed by atoms with Crippen molar-refractivity contribution in [2.24, 2.45) is 0 Å². The number of thioether (sulfide) groups is 1. The Bertz CT molecular complexity index is 476. The molecule has 0 unspecified atom stereocenters. The van der Waals surface area contributed by atoms with Crippen LogP contribution in [0.3, 0.4) is 0 Å². The predicted molar refractivity (Wildman–Crippen MR) is 64.5 cm³/mol. The maximum absolute atomic E-state index is 5.89. The van der Waals surface area contributed by atoms with Gasteiger partial charge in [0.2, 0.25) is 0 Å². The van der Waals surface area contributed by atoms with Gasteiger partial charge < -0.3 is 5.73 Å². The SMILES string of the molecule is CSc1ccccc1-n1nc(C)cc1N. The first-order valence-electron chi connectivity index (χ1n) is 4.68. The first-order valence-corrected chi connectivity index (χ1v) is 5.90. The van der Waals surface area contributed by atoms with Gasteiger partial charge in [0.15, 0.2) is 0 Å². The van der Waals surface area contributed by atoms with Crippen LogP contribution in [0, 0.1) is 6.92 Å². The van der Waals surface area contributed by atoms with Crippen LogP contribution < -0.4 is 5.73 Å². The number of rotatable bonds is 2. The van der Waals surface area contributed by atoms with E-state index in [-0.39, 0.29) is 0 Å². The van der Waals surface area contributed by atoms with Gasteiger partial charge in [-0.25, -0.2) is 4.68 Å². The lowest BCUT2D eigenvalue weighted by atomic mass is 10.3. The average Bonchev–Trinajstić information content (AvgIpc) is 2.57. The maximum Gasteiger partial charge on any atom is 0.127 e. The molecule has 1 aromatic heterocycles. The molecule has 0 saturated carbocycles. The molecule has 0 saturated heterocycles. The van der Waals surface area contributed by atoms with Crippen molar-refractivity contribution in [3.05, 3.63) is 36.0 Å². The molecule has 0 aliphatic rings. The maximum atomic E-state index is 5.89. The number of anilines is 1. The van der Waals surface area contributed by atoms with Crippen LogP contribution in [-0.4, -0.2) is 16.0 Å². The van der Waals surface area contributed by atoms with Gasteiger partial charge in [-0.05, 0) is 25.3 Å². The standard InChI is InChI=1S/C11H13N3S/c1-8-7-11(12)14(13-8)9-5-3-4-6-10(9)15-2/h3-7H,12H2,1-2H3. The third kappa shape index (κ3) is 1.85. The second kappa shape index (κ2) is 3.98. The quantitative estimate of drug-likeness (QED) is 0.789. The third-order valence-electron chi connectivity index (χ3n) is 2.17. The van der Waals surface area contributed by atoms with Crippen molar-refractivity contribution in [1.82, 2.24) is 9.78 Å². The average molecular weight is 219 g/mol. The summed E-state index contributed by atoms with van der Waals surface area (Å²) >= 11 is 1.69. The highest BCUT2D eigenvalue weighted by atomic mass is 32.2. The fraction of sp³-hybridized carbons (Fsp3) is 0.182. The van der Waals surface area contributed by atoms with E-state index in [1.807, 2.05) is 37.4 Å². The van der Waals surface area contributed by atoms with Gasteiger partial charge in [0.1, 0.15) is 5.82 Å². The zero-order valence-electron chi connectivity index (χ0n) is 8.77. The summed E-state index contributed by atoms with van der Waals surface area (Å²) in [5, 5.41) is 4.37. The third-order valence-corrected chi connectivity index (χ3v) is 2.96. The number of aromatic nitrogens is 2. The number of nitrogen functional groups attached to an aromatic ring is 1. The van der Waals surface area contributed by atoms with Gasteiger partial charge in [-0.2, -0.15) is 5.10 Å². The Balaban J connectivity index is 2.58. The predicted octanol–water partition coefficient (Wildman–Crippen LogP) is 2.48. The molecule has 1 aromatic carbocycles. The monoisotopic (exact) mass is 219 g/mol. The minimum Gasteiger partial charge on any atom is -0.384 e. The summed E-state index contributed by atoms with van der Waals surface area (Å²) in [5.74, 6) is 0.675. The number of hydrogen-bond acceptors (Lipinski definition) is 3. The van der Waals surface area contributed by atoms with Gasteiger partial charge in [0.05, 0.1) is 11.4 Å². The zero-order valence-corrected chi connectivity index (χ0v) is 9.58. The second-order valence-electron chi connectivity index (χ2n) is 3.29. The lowest BCUT2D eigenvalue weighted by Crippen LogP contribution is -2.02. The fourth-order valence-corrected chi connectivity index (χ4v) is 2.10. The normalized spacial score (nSPS) is 10.5. The van der Waals surface area contributed by atoms with E-state index in [0.717, 1.165) is 11.4 Å². The van der Waals surface area contributed by atoms with Crippen LogP contribution in [0.4, 0.5) is 5.82 Å². The number of hydrogen-bond donors (Lipinski definition) is 1. The molecule has 2 rings (SSSR count). The minimum atomic E-state index is 0.675. The van der Waals surface area contributed by atoms with Crippen molar-refractivity contribution < 1.29 is 0 Å². The molecule has 2 aromatic rings. The van der Waals surface area contributed by atoms with E-state index in [1.54, 1.807) is 16.4 Å². The summed E-state index contributed by atoms with van der Waals surface area (Å²) in [6, 6.07) is 9.97. The van der Waals surface area contributed by atoms with Crippen molar-refractivity contribution in [3.8, 4) is 5.69 Å². The van der Waals surface area contributed by atoms with E-state index >= 15 is 0 Å².